The van der Waals surface area contributed by atoms with Crippen molar-refractivity contribution in [3.05, 3.63) is 35.9 Å². The highest BCUT2D eigenvalue weighted by molar-refractivity contribution is 6.50. The predicted octanol–water partition coefficient (Wildman–Crippen LogP) is 3.09. The summed E-state index contributed by atoms with van der Waals surface area (Å²) in [5.74, 6) is 0.0971. The molecule has 0 amide bonds. The number of hydrogen-bond acceptors (Lipinski definition) is 1. The molecule has 0 saturated heterocycles. The molecule has 0 radical (unpaired) electrons. The van der Waals surface area contributed by atoms with Gasteiger partial charge in [0.2, 0.25) is 0 Å². The standard InChI is InChI=1S/C11H12Cl2O/c1-8-7-10(12,13)11(8,14)9-5-3-2-4-6-9/h2-6,8,14H,7H2,1H3. The SMILES string of the molecule is CC1CC(Cl)(Cl)C1(O)c1ccccc1. The summed E-state index contributed by atoms with van der Waals surface area (Å²) in [5.41, 5.74) is -0.305. The van der Waals surface area contributed by atoms with Crippen LogP contribution in [0, 0.1) is 5.92 Å². The van der Waals surface area contributed by atoms with E-state index in [9.17, 15) is 5.11 Å². The molecule has 1 aliphatic rings. The zero-order valence-electron chi connectivity index (χ0n) is 7.87. The summed E-state index contributed by atoms with van der Waals surface area (Å²) in [7, 11) is 0. The molecule has 1 saturated carbocycles. The number of alkyl halides is 2. The molecule has 2 atom stereocenters. The van der Waals surface area contributed by atoms with E-state index in [2.05, 4.69) is 0 Å². The largest absolute Gasteiger partial charge is 0.382 e. The van der Waals surface area contributed by atoms with E-state index in [0.29, 0.717) is 6.42 Å². The quantitative estimate of drug-likeness (QED) is 0.736. The van der Waals surface area contributed by atoms with Gasteiger partial charge in [-0.3, -0.25) is 0 Å². The molecule has 0 aromatic heterocycles. The van der Waals surface area contributed by atoms with Gasteiger partial charge in [-0.1, -0.05) is 60.5 Å². The minimum Gasteiger partial charge on any atom is -0.382 e. The molecule has 14 heavy (non-hydrogen) atoms. The molecule has 3 heteroatoms. The summed E-state index contributed by atoms with van der Waals surface area (Å²) in [6.45, 7) is 1.95. The molecule has 1 fully saturated rings. The molecule has 2 unspecified atom stereocenters. The van der Waals surface area contributed by atoms with Crippen LogP contribution in [0.4, 0.5) is 0 Å². The van der Waals surface area contributed by atoms with Crippen molar-refractivity contribution < 1.29 is 5.11 Å². The maximum absolute atomic E-state index is 10.4. The fourth-order valence-corrected chi connectivity index (χ4v) is 3.16. The molecule has 0 aliphatic heterocycles. The lowest BCUT2D eigenvalue weighted by molar-refractivity contribution is -0.104. The summed E-state index contributed by atoms with van der Waals surface area (Å²) < 4.78 is -1.05. The van der Waals surface area contributed by atoms with Crippen molar-refractivity contribution in [1.29, 1.82) is 0 Å². The zero-order chi connectivity index (χ0) is 10.4. The Bertz CT molecular complexity index is 336. The van der Waals surface area contributed by atoms with Crippen LogP contribution in [0.3, 0.4) is 0 Å². The molecule has 0 spiro atoms. The Hall–Kier alpha value is -0.240. The van der Waals surface area contributed by atoms with E-state index >= 15 is 0 Å². The minimum atomic E-state index is -1.10. The molecule has 1 aliphatic carbocycles. The van der Waals surface area contributed by atoms with Crippen LogP contribution in [-0.4, -0.2) is 9.44 Å². The fraction of sp³-hybridized carbons (Fsp3) is 0.455. The summed E-state index contributed by atoms with van der Waals surface area (Å²) >= 11 is 12.1. The van der Waals surface area contributed by atoms with Crippen molar-refractivity contribution in [2.24, 2.45) is 5.92 Å². The van der Waals surface area contributed by atoms with E-state index in [1.807, 2.05) is 37.3 Å². The second-order valence-corrected chi connectivity index (χ2v) is 5.43. The Labute approximate surface area is 93.7 Å². The molecule has 0 heterocycles. The van der Waals surface area contributed by atoms with E-state index in [1.54, 1.807) is 0 Å². The van der Waals surface area contributed by atoms with Crippen LogP contribution in [0.15, 0.2) is 30.3 Å². The van der Waals surface area contributed by atoms with Crippen molar-refractivity contribution in [3.8, 4) is 0 Å². The lowest BCUT2D eigenvalue weighted by atomic mass is 9.65. The van der Waals surface area contributed by atoms with E-state index < -0.39 is 9.93 Å². The van der Waals surface area contributed by atoms with Gasteiger partial charge in [0.05, 0.1) is 0 Å². The van der Waals surface area contributed by atoms with Crippen molar-refractivity contribution in [3.63, 3.8) is 0 Å². The lowest BCUT2D eigenvalue weighted by Gasteiger charge is -2.53. The average Bonchev–Trinajstić information content (AvgIpc) is 2.17. The second-order valence-electron chi connectivity index (χ2n) is 3.94. The fourth-order valence-electron chi connectivity index (χ4n) is 2.11. The van der Waals surface area contributed by atoms with Crippen LogP contribution in [0.25, 0.3) is 0 Å². The molecule has 76 valence electrons. The van der Waals surface area contributed by atoms with Gasteiger partial charge < -0.3 is 5.11 Å². The number of rotatable bonds is 1. The Balaban J connectivity index is 2.42. The zero-order valence-corrected chi connectivity index (χ0v) is 9.39. The highest BCUT2D eigenvalue weighted by atomic mass is 35.5. The van der Waals surface area contributed by atoms with E-state index in [1.165, 1.54) is 0 Å². The third kappa shape index (κ3) is 1.19. The van der Waals surface area contributed by atoms with Gasteiger partial charge in [-0.2, -0.15) is 0 Å². The van der Waals surface area contributed by atoms with Gasteiger partial charge in [0, 0.05) is 0 Å². The number of halogens is 2. The van der Waals surface area contributed by atoms with Crippen molar-refractivity contribution >= 4 is 23.2 Å². The number of hydrogen-bond donors (Lipinski definition) is 1. The second kappa shape index (κ2) is 3.13. The monoisotopic (exact) mass is 230 g/mol. The van der Waals surface area contributed by atoms with Crippen molar-refractivity contribution in [1.82, 2.24) is 0 Å². The first-order valence-corrected chi connectivity index (χ1v) is 5.40. The lowest BCUT2D eigenvalue weighted by Crippen LogP contribution is -2.59. The average molecular weight is 231 g/mol. The maximum Gasteiger partial charge on any atom is 0.151 e. The summed E-state index contributed by atoms with van der Waals surface area (Å²) in [4.78, 5) is 0. The molecular formula is C11H12Cl2O. The number of aliphatic hydroxyl groups is 1. The predicted molar refractivity (Wildman–Crippen MR) is 58.6 cm³/mol. The Morgan fingerprint density at radius 2 is 1.86 bits per heavy atom. The smallest absolute Gasteiger partial charge is 0.151 e. The summed E-state index contributed by atoms with van der Waals surface area (Å²) in [6.07, 6.45) is 0.626. The third-order valence-corrected chi connectivity index (χ3v) is 3.93. The Morgan fingerprint density at radius 1 is 1.29 bits per heavy atom. The van der Waals surface area contributed by atoms with Crippen LogP contribution >= 0.6 is 23.2 Å². The van der Waals surface area contributed by atoms with E-state index in [4.69, 9.17) is 23.2 Å². The van der Waals surface area contributed by atoms with Gasteiger partial charge in [-0.15, -0.1) is 0 Å². The maximum atomic E-state index is 10.4. The normalized spacial score (nSPS) is 35.0. The van der Waals surface area contributed by atoms with Gasteiger partial charge >= 0.3 is 0 Å². The topological polar surface area (TPSA) is 20.2 Å². The molecule has 1 aromatic rings. The molecule has 0 bridgehead atoms. The van der Waals surface area contributed by atoms with Crippen molar-refractivity contribution in [2.45, 2.75) is 23.3 Å². The molecule has 1 N–H and O–H groups in total. The highest BCUT2D eigenvalue weighted by Crippen LogP contribution is 2.60. The van der Waals surface area contributed by atoms with Crippen LogP contribution in [0.5, 0.6) is 0 Å². The van der Waals surface area contributed by atoms with Gasteiger partial charge in [0.1, 0.15) is 5.60 Å². The van der Waals surface area contributed by atoms with E-state index in [0.717, 1.165) is 5.56 Å². The highest BCUT2D eigenvalue weighted by Gasteiger charge is 2.62. The minimum absolute atomic E-state index is 0.0971. The van der Waals surface area contributed by atoms with Gasteiger partial charge in [0.25, 0.3) is 0 Å². The molecule has 1 aromatic carbocycles. The van der Waals surface area contributed by atoms with Gasteiger partial charge in [-0.05, 0) is 17.9 Å². The van der Waals surface area contributed by atoms with Crippen LogP contribution in [0.2, 0.25) is 0 Å². The first-order chi connectivity index (χ1) is 6.48. The third-order valence-electron chi connectivity index (χ3n) is 3.05. The van der Waals surface area contributed by atoms with Gasteiger partial charge in [-0.25, -0.2) is 0 Å². The van der Waals surface area contributed by atoms with Gasteiger partial charge in [0.15, 0.2) is 4.33 Å². The van der Waals surface area contributed by atoms with Crippen LogP contribution in [0.1, 0.15) is 18.9 Å². The first-order valence-electron chi connectivity index (χ1n) is 4.64. The Kier molecular flexibility index (Phi) is 2.30. The first kappa shape index (κ1) is 10.3. The van der Waals surface area contributed by atoms with E-state index in [-0.39, 0.29) is 5.92 Å². The Morgan fingerprint density at radius 3 is 2.29 bits per heavy atom. The molecule has 1 nitrogen and oxygen atoms in total. The molecular weight excluding hydrogens is 219 g/mol. The van der Waals surface area contributed by atoms with Crippen molar-refractivity contribution in [2.75, 3.05) is 0 Å². The summed E-state index contributed by atoms with van der Waals surface area (Å²) in [5, 5.41) is 10.4. The van der Waals surface area contributed by atoms with Crippen LogP contribution < -0.4 is 0 Å². The van der Waals surface area contributed by atoms with Crippen LogP contribution in [-0.2, 0) is 5.60 Å². The number of benzene rings is 1. The summed E-state index contributed by atoms with van der Waals surface area (Å²) in [6, 6.07) is 9.37. The molecule has 2 rings (SSSR count).